The Labute approximate surface area is 167 Å². The lowest BCUT2D eigenvalue weighted by Crippen LogP contribution is -2.42. The van der Waals surface area contributed by atoms with Gasteiger partial charge in [-0.05, 0) is 69.3 Å². The third-order valence-electron chi connectivity index (χ3n) is 4.52. The molecule has 1 aliphatic rings. The van der Waals surface area contributed by atoms with Crippen molar-refractivity contribution in [1.29, 1.82) is 0 Å². The summed E-state index contributed by atoms with van der Waals surface area (Å²) in [5.74, 6) is -1.08. The van der Waals surface area contributed by atoms with Crippen LogP contribution in [0.15, 0.2) is 35.5 Å². The van der Waals surface area contributed by atoms with E-state index in [4.69, 9.17) is 4.74 Å². The number of carbonyl (C=O) groups is 3. The first-order chi connectivity index (χ1) is 13.3. The number of nitrogens with zero attached hydrogens (tertiary/aromatic N) is 3. The monoisotopic (exact) mass is 399 g/mol. The second-order valence-electron chi connectivity index (χ2n) is 6.35. The largest absolute Gasteiger partial charge is 0.464 e. The second-order valence-corrected chi connectivity index (χ2v) is 7.34. The molecule has 2 aromatic rings. The highest BCUT2D eigenvalue weighted by atomic mass is 32.2. The van der Waals surface area contributed by atoms with Crippen molar-refractivity contribution in [3.63, 3.8) is 0 Å². The minimum Gasteiger partial charge on any atom is -0.464 e. The van der Waals surface area contributed by atoms with Crippen LogP contribution in [0, 0.1) is 13.8 Å². The van der Waals surface area contributed by atoms with Crippen molar-refractivity contribution in [2.75, 3.05) is 6.61 Å². The third-order valence-corrected chi connectivity index (χ3v) is 5.40. The molecule has 2 aromatic heterocycles. The Morgan fingerprint density at radius 1 is 1.29 bits per heavy atom. The molecule has 0 saturated carbocycles. The first-order valence-electron chi connectivity index (χ1n) is 8.88. The molecule has 7 nitrogen and oxygen atoms in total. The van der Waals surface area contributed by atoms with Crippen LogP contribution in [0.3, 0.4) is 0 Å². The summed E-state index contributed by atoms with van der Waals surface area (Å²) in [6, 6.07) is 4.80. The number of carbonyl (C=O) groups excluding carboxylic acids is 3. The van der Waals surface area contributed by atoms with Crippen LogP contribution in [0.2, 0.25) is 0 Å². The van der Waals surface area contributed by atoms with Gasteiger partial charge in [-0.3, -0.25) is 19.5 Å². The van der Waals surface area contributed by atoms with Crippen molar-refractivity contribution in [2.45, 2.75) is 33.7 Å². The highest BCUT2D eigenvalue weighted by molar-refractivity contribution is 8.18. The summed E-state index contributed by atoms with van der Waals surface area (Å²) >= 11 is 0.832. The predicted octanol–water partition coefficient (Wildman–Crippen LogP) is 3.48. The molecule has 2 amide bonds. The van der Waals surface area contributed by atoms with Crippen molar-refractivity contribution in [3.05, 3.63) is 52.4 Å². The molecule has 0 bridgehead atoms. The molecule has 1 aliphatic heterocycles. The van der Waals surface area contributed by atoms with Crippen LogP contribution in [-0.4, -0.2) is 44.2 Å². The average Bonchev–Trinajstić information content (AvgIpc) is 3.10. The smallest absolute Gasteiger partial charge is 0.329 e. The van der Waals surface area contributed by atoms with Crippen molar-refractivity contribution in [3.8, 4) is 5.69 Å². The lowest BCUT2D eigenvalue weighted by molar-refractivity contribution is -0.150. The number of thioether (sulfide) groups is 1. The van der Waals surface area contributed by atoms with E-state index in [1.54, 1.807) is 25.4 Å². The molecule has 0 radical (unpaired) electrons. The van der Waals surface area contributed by atoms with E-state index in [2.05, 4.69) is 9.55 Å². The van der Waals surface area contributed by atoms with Gasteiger partial charge in [0.1, 0.15) is 6.04 Å². The molecule has 1 saturated heterocycles. The van der Waals surface area contributed by atoms with Gasteiger partial charge in [-0.1, -0.05) is 0 Å². The van der Waals surface area contributed by atoms with E-state index in [9.17, 15) is 14.4 Å². The molecule has 3 heterocycles. The Kier molecular flexibility index (Phi) is 5.69. The predicted molar refractivity (Wildman–Crippen MR) is 107 cm³/mol. The van der Waals surface area contributed by atoms with Crippen molar-refractivity contribution in [2.24, 2.45) is 0 Å². The highest BCUT2D eigenvalue weighted by Crippen LogP contribution is 2.35. The fraction of sp³-hybridized carbons (Fsp3) is 0.300. The molecule has 0 N–H and O–H groups in total. The molecule has 1 atom stereocenters. The quantitative estimate of drug-likeness (QED) is 0.566. The maximum absolute atomic E-state index is 12.7. The summed E-state index contributed by atoms with van der Waals surface area (Å²) in [7, 11) is 0. The van der Waals surface area contributed by atoms with Crippen molar-refractivity contribution < 1.29 is 19.1 Å². The van der Waals surface area contributed by atoms with Crippen molar-refractivity contribution in [1.82, 2.24) is 14.5 Å². The fourth-order valence-electron chi connectivity index (χ4n) is 3.15. The van der Waals surface area contributed by atoms with Gasteiger partial charge in [0.2, 0.25) is 0 Å². The number of aryl methyl sites for hydroxylation is 1. The Balaban J connectivity index is 1.92. The Morgan fingerprint density at radius 2 is 1.96 bits per heavy atom. The molecule has 3 rings (SSSR count). The van der Waals surface area contributed by atoms with Gasteiger partial charge < -0.3 is 9.30 Å². The summed E-state index contributed by atoms with van der Waals surface area (Å²) in [6.45, 7) is 7.28. The summed E-state index contributed by atoms with van der Waals surface area (Å²) in [4.78, 5) is 42.3. The van der Waals surface area contributed by atoms with E-state index in [1.165, 1.54) is 6.92 Å². The molecule has 0 spiro atoms. The first kappa shape index (κ1) is 19.9. The number of rotatable bonds is 5. The Hall–Kier alpha value is -2.87. The summed E-state index contributed by atoms with van der Waals surface area (Å²) in [5.41, 5.74) is 3.74. The Morgan fingerprint density at radius 3 is 2.61 bits per heavy atom. The number of ether oxygens (including phenoxy) is 1. The van der Waals surface area contributed by atoms with E-state index >= 15 is 0 Å². The SMILES string of the molecule is CCOC(=O)C(C)N1C(=O)S/C(=C/c2cc(C)n(-c3ccncc3)c2C)C1=O. The summed E-state index contributed by atoms with van der Waals surface area (Å²) in [5, 5.41) is -0.472. The zero-order valence-corrected chi connectivity index (χ0v) is 16.9. The van der Waals surface area contributed by atoms with Crippen LogP contribution in [0.5, 0.6) is 0 Å². The van der Waals surface area contributed by atoms with Gasteiger partial charge >= 0.3 is 5.97 Å². The molecular formula is C20H21N3O4S. The molecule has 0 aromatic carbocycles. The van der Waals surface area contributed by atoms with Crippen LogP contribution >= 0.6 is 11.8 Å². The number of hydrogen-bond donors (Lipinski definition) is 0. The molecule has 8 heteroatoms. The zero-order chi connectivity index (χ0) is 20.4. The molecule has 146 valence electrons. The lowest BCUT2D eigenvalue weighted by Gasteiger charge is -2.19. The number of imide groups is 1. The van der Waals surface area contributed by atoms with E-state index in [0.717, 1.165) is 39.3 Å². The van der Waals surface area contributed by atoms with Gasteiger partial charge in [0.15, 0.2) is 0 Å². The summed E-state index contributed by atoms with van der Waals surface area (Å²) in [6.07, 6.45) is 5.13. The van der Waals surface area contributed by atoms with Gasteiger partial charge in [0.05, 0.1) is 11.5 Å². The highest BCUT2D eigenvalue weighted by Gasteiger charge is 2.41. The van der Waals surface area contributed by atoms with E-state index in [-0.39, 0.29) is 11.5 Å². The van der Waals surface area contributed by atoms with Gasteiger partial charge in [0, 0.05) is 29.5 Å². The minimum absolute atomic E-state index is 0.191. The van der Waals surface area contributed by atoms with Crippen LogP contribution in [0.1, 0.15) is 30.8 Å². The number of hydrogen-bond acceptors (Lipinski definition) is 6. The number of esters is 1. The number of pyridine rings is 1. The van der Waals surface area contributed by atoms with E-state index < -0.39 is 23.2 Å². The fourth-order valence-corrected chi connectivity index (χ4v) is 4.05. The maximum Gasteiger partial charge on any atom is 0.329 e. The standard InChI is InChI=1S/C20H21N3O4S/c1-5-27-19(25)14(4)23-18(24)17(28-20(23)26)11-15-10-12(2)22(13(15)3)16-6-8-21-9-7-16/h6-11,14H,5H2,1-4H3/b17-11+. The number of amides is 2. The Bertz CT molecular complexity index is 965. The molecular weight excluding hydrogens is 378 g/mol. The molecule has 0 aliphatic carbocycles. The zero-order valence-electron chi connectivity index (χ0n) is 16.1. The maximum atomic E-state index is 12.7. The van der Waals surface area contributed by atoms with Crippen LogP contribution in [0.25, 0.3) is 11.8 Å². The topological polar surface area (TPSA) is 81.5 Å². The molecule has 1 unspecified atom stereocenters. The first-order valence-corrected chi connectivity index (χ1v) is 9.69. The normalized spacial score (nSPS) is 16.7. The van der Waals surface area contributed by atoms with Gasteiger partial charge in [-0.15, -0.1) is 0 Å². The van der Waals surface area contributed by atoms with Gasteiger partial charge in [-0.2, -0.15) is 0 Å². The van der Waals surface area contributed by atoms with E-state index in [0.29, 0.717) is 0 Å². The lowest BCUT2D eigenvalue weighted by atomic mass is 10.2. The van der Waals surface area contributed by atoms with E-state index in [1.807, 2.05) is 32.0 Å². The van der Waals surface area contributed by atoms with Crippen LogP contribution in [-0.2, 0) is 14.3 Å². The molecule has 1 fully saturated rings. The number of aromatic nitrogens is 2. The second kappa shape index (κ2) is 8.02. The van der Waals surface area contributed by atoms with Crippen LogP contribution < -0.4 is 0 Å². The van der Waals surface area contributed by atoms with Gasteiger partial charge in [0.25, 0.3) is 11.1 Å². The third kappa shape index (κ3) is 3.60. The average molecular weight is 399 g/mol. The minimum atomic E-state index is -0.956. The van der Waals surface area contributed by atoms with Crippen molar-refractivity contribution >= 4 is 35.0 Å². The summed E-state index contributed by atoms with van der Waals surface area (Å²) < 4.78 is 6.99. The van der Waals surface area contributed by atoms with Crippen LogP contribution in [0.4, 0.5) is 4.79 Å². The van der Waals surface area contributed by atoms with Gasteiger partial charge in [-0.25, -0.2) is 4.79 Å². The molecule has 28 heavy (non-hydrogen) atoms.